The molecule has 0 aliphatic carbocycles. The molecule has 0 aliphatic heterocycles. The van der Waals surface area contributed by atoms with E-state index in [0.717, 1.165) is 0 Å². The molecule has 0 bridgehead atoms. The number of amides is 1. The van der Waals surface area contributed by atoms with Crippen molar-refractivity contribution < 1.29 is 9.53 Å². The molecule has 3 aromatic rings. The summed E-state index contributed by atoms with van der Waals surface area (Å²) in [6.45, 7) is 0. The van der Waals surface area contributed by atoms with Crippen LogP contribution in [0.3, 0.4) is 0 Å². The van der Waals surface area contributed by atoms with Crippen molar-refractivity contribution in [1.29, 1.82) is 0 Å². The van der Waals surface area contributed by atoms with E-state index in [9.17, 15) is 9.59 Å². The second-order valence-electron chi connectivity index (χ2n) is 5.08. The molecule has 6 nitrogen and oxygen atoms in total. The Hall–Kier alpha value is -2.03. The lowest BCUT2D eigenvalue weighted by Crippen LogP contribution is -2.20. The number of carbonyl (C=O) groups excluding carboxylic acids is 1. The fraction of sp³-hybridized carbons (Fsp3) is 0.188. The third-order valence-corrected chi connectivity index (χ3v) is 5.63. The molecule has 1 N–H and O–H groups in total. The molecule has 130 valence electrons. The van der Waals surface area contributed by atoms with Crippen molar-refractivity contribution in [3.63, 3.8) is 0 Å². The molecule has 0 saturated heterocycles. The van der Waals surface area contributed by atoms with E-state index in [2.05, 4.69) is 10.3 Å². The van der Waals surface area contributed by atoms with Crippen molar-refractivity contribution in [2.75, 3.05) is 18.2 Å². The number of carbonyl (C=O) groups is 1. The van der Waals surface area contributed by atoms with E-state index in [4.69, 9.17) is 16.3 Å². The number of methoxy groups -OCH3 is 1. The van der Waals surface area contributed by atoms with Gasteiger partial charge >= 0.3 is 0 Å². The molecule has 25 heavy (non-hydrogen) atoms. The molecular formula is C16H14ClN3O3S2. The number of ether oxygens (including phenoxy) is 1. The summed E-state index contributed by atoms with van der Waals surface area (Å²) in [4.78, 5) is 28.8. The summed E-state index contributed by atoms with van der Waals surface area (Å²) in [7, 11) is 3.18. The molecule has 0 spiro atoms. The number of rotatable bonds is 5. The molecule has 9 heteroatoms. The van der Waals surface area contributed by atoms with Gasteiger partial charge in [0.1, 0.15) is 10.4 Å². The van der Waals surface area contributed by atoms with Crippen LogP contribution in [0.25, 0.3) is 10.2 Å². The number of anilines is 1. The molecule has 0 saturated carbocycles. The third-order valence-electron chi connectivity index (χ3n) is 3.41. The smallest absolute Gasteiger partial charge is 0.271 e. The normalized spacial score (nSPS) is 10.8. The van der Waals surface area contributed by atoms with Crippen LogP contribution in [0.5, 0.6) is 5.75 Å². The molecule has 0 radical (unpaired) electrons. The molecule has 2 aromatic heterocycles. The van der Waals surface area contributed by atoms with Gasteiger partial charge in [-0.1, -0.05) is 23.4 Å². The summed E-state index contributed by atoms with van der Waals surface area (Å²) < 4.78 is 7.15. The first-order chi connectivity index (χ1) is 12.0. The highest BCUT2D eigenvalue weighted by molar-refractivity contribution is 7.99. The predicted molar refractivity (Wildman–Crippen MR) is 102 cm³/mol. The number of benzene rings is 1. The minimum absolute atomic E-state index is 0.107. The van der Waals surface area contributed by atoms with Gasteiger partial charge in [-0.25, -0.2) is 4.98 Å². The Morgan fingerprint density at radius 3 is 2.96 bits per heavy atom. The zero-order valence-electron chi connectivity index (χ0n) is 13.4. The Labute approximate surface area is 156 Å². The van der Waals surface area contributed by atoms with Gasteiger partial charge in [0.2, 0.25) is 5.91 Å². The maximum absolute atomic E-state index is 12.2. The number of hydrogen-bond acceptors (Lipinski definition) is 6. The molecule has 3 rings (SSSR count). The maximum atomic E-state index is 12.2. The van der Waals surface area contributed by atoms with E-state index in [1.54, 1.807) is 31.3 Å². The maximum Gasteiger partial charge on any atom is 0.271 e. The summed E-state index contributed by atoms with van der Waals surface area (Å²) in [5.74, 6) is 0.447. The largest absolute Gasteiger partial charge is 0.495 e. The second-order valence-corrected chi connectivity index (χ2v) is 7.35. The first-order valence-electron chi connectivity index (χ1n) is 7.20. The standard InChI is InChI=1S/C16H14ClN3O3S2/c1-20-15(22)14-11(5-6-24-14)19-16(20)25-8-13(21)18-9-3-4-12(23-2)10(17)7-9/h3-7H,8H2,1-2H3,(H,18,21). The summed E-state index contributed by atoms with van der Waals surface area (Å²) in [5.41, 5.74) is 1.12. The van der Waals surface area contributed by atoms with Gasteiger partial charge in [-0.2, -0.15) is 0 Å². The molecule has 1 amide bonds. The zero-order chi connectivity index (χ0) is 18.0. The number of thiophene rings is 1. The van der Waals surface area contributed by atoms with Crippen LogP contribution in [0.2, 0.25) is 5.02 Å². The van der Waals surface area contributed by atoms with Crippen LogP contribution in [0.1, 0.15) is 0 Å². The van der Waals surface area contributed by atoms with Gasteiger partial charge < -0.3 is 10.1 Å². The molecular weight excluding hydrogens is 382 g/mol. The summed E-state index contributed by atoms with van der Waals surface area (Å²) in [6.07, 6.45) is 0. The molecule has 0 aliphatic rings. The third kappa shape index (κ3) is 3.81. The lowest BCUT2D eigenvalue weighted by Gasteiger charge is -2.09. The van der Waals surface area contributed by atoms with Crippen molar-refractivity contribution in [3.05, 3.63) is 45.0 Å². The van der Waals surface area contributed by atoms with E-state index >= 15 is 0 Å². The summed E-state index contributed by atoms with van der Waals surface area (Å²) in [5, 5.41) is 5.50. The summed E-state index contributed by atoms with van der Waals surface area (Å²) in [6, 6.07) is 6.80. The number of nitrogens with one attached hydrogen (secondary N) is 1. The van der Waals surface area contributed by atoms with Gasteiger partial charge in [0.25, 0.3) is 5.56 Å². The fourth-order valence-corrected chi connectivity index (χ4v) is 4.00. The monoisotopic (exact) mass is 395 g/mol. The van der Waals surface area contributed by atoms with E-state index in [1.165, 1.54) is 34.8 Å². The Morgan fingerprint density at radius 1 is 1.44 bits per heavy atom. The van der Waals surface area contributed by atoms with Gasteiger partial charge in [0.05, 0.1) is 23.4 Å². The van der Waals surface area contributed by atoms with Gasteiger partial charge in [-0.3, -0.25) is 14.2 Å². The topological polar surface area (TPSA) is 73.2 Å². The van der Waals surface area contributed by atoms with E-state index in [1.807, 2.05) is 5.38 Å². The van der Waals surface area contributed by atoms with Gasteiger partial charge in [0, 0.05) is 12.7 Å². The van der Waals surface area contributed by atoms with Gasteiger partial charge in [0.15, 0.2) is 5.16 Å². The molecule has 2 heterocycles. The molecule has 0 fully saturated rings. The Bertz CT molecular complexity index is 1000. The fourth-order valence-electron chi connectivity index (χ4n) is 2.17. The first kappa shape index (κ1) is 17.8. The highest BCUT2D eigenvalue weighted by Gasteiger charge is 2.12. The van der Waals surface area contributed by atoms with E-state index < -0.39 is 0 Å². The van der Waals surface area contributed by atoms with Crippen LogP contribution in [-0.4, -0.2) is 28.3 Å². The second kappa shape index (κ2) is 7.47. The first-order valence-corrected chi connectivity index (χ1v) is 9.44. The number of halogens is 1. The summed E-state index contributed by atoms with van der Waals surface area (Å²) >= 11 is 8.61. The lowest BCUT2D eigenvalue weighted by molar-refractivity contribution is -0.113. The number of nitrogens with zero attached hydrogens (tertiary/aromatic N) is 2. The van der Waals surface area contributed by atoms with Crippen LogP contribution < -0.4 is 15.6 Å². The SMILES string of the molecule is COc1ccc(NC(=O)CSc2nc3ccsc3c(=O)n2C)cc1Cl. The van der Waals surface area contributed by atoms with E-state index in [0.29, 0.717) is 31.8 Å². The van der Waals surface area contributed by atoms with Crippen LogP contribution in [-0.2, 0) is 11.8 Å². The number of aromatic nitrogens is 2. The van der Waals surface area contributed by atoms with Crippen LogP contribution in [0, 0.1) is 0 Å². The number of thioether (sulfide) groups is 1. The minimum atomic E-state index is -0.217. The van der Waals surface area contributed by atoms with Crippen molar-refractivity contribution in [2.45, 2.75) is 5.16 Å². The number of hydrogen-bond donors (Lipinski definition) is 1. The van der Waals surface area contributed by atoms with Crippen molar-refractivity contribution in [1.82, 2.24) is 9.55 Å². The quantitative estimate of drug-likeness (QED) is 0.529. The van der Waals surface area contributed by atoms with Crippen molar-refractivity contribution >= 4 is 56.5 Å². The Morgan fingerprint density at radius 2 is 2.24 bits per heavy atom. The van der Waals surface area contributed by atoms with Crippen molar-refractivity contribution in [3.8, 4) is 5.75 Å². The van der Waals surface area contributed by atoms with Crippen molar-refractivity contribution in [2.24, 2.45) is 7.05 Å². The lowest BCUT2D eigenvalue weighted by atomic mass is 10.3. The predicted octanol–water partition coefficient (Wildman–Crippen LogP) is 3.39. The highest BCUT2D eigenvalue weighted by atomic mass is 35.5. The van der Waals surface area contributed by atoms with Crippen LogP contribution in [0.4, 0.5) is 5.69 Å². The van der Waals surface area contributed by atoms with Crippen LogP contribution in [0.15, 0.2) is 39.6 Å². The van der Waals surface area contributed by atoms with Gasteiger partial charge in [-0.05, 0) is 29.6 Å². The zero-order valence-corrected chi connectivity index (χ0v) is 15.8. The van der Waals surface area contributed by atoms with E-state index in [-0.39, 0.29) is 17.2 Å². The average molecular weight is 396 g/mol. The molecule has 0 unspecified atom stereocenters. The molecule has 1 aromatic carbocycles. The Kier molecular flexibility index (Phi) is 5.31. The van der Waals surface area contributed by atoms with Gasteiger partial charge in [-0.15, -0.1) is 11.3 Å². The highest BCUT2D eigenvalue weighted by Crippen LogP contribution is 2.27. The Balaban J connectivity index is 1.69. The molecule has 0 atom stereocenters. The van der Waals surface area contributed by atoms with Crippen LogP contribution >= 0.6 is 34.7 Å². The minimum Gasteiger partial charge on any atom is -0.495 e. The average Bonchev–Trinajstić information content (AvgIpc) is 3.05. The number of fused-ring (bicyclic) bond motifs is 1.